The van der Waals surface area contributed by atoms with Crippen LogP contribution in [-0.4, -0.2) is 65.4 Å². The first kappa shape index (κ1) is 13.9. The van der Waals surface area contributed by atoms with E-state index >= 15 is 0 Å². The van der Waals surface area contributed by atoms with Crippen LogP contribution in [0.2, 0.25) is 0 Å². The van der Waals surface area contributed by atoms with E-state index in [0.717, 1.165) is 31.1 Å². The first-order valence-electron chi connectivity index (χ1n) is 5.89. The average Bonchev–Trinajstić information content (AvgIpc) is 2.36. The number of ether oxygens (including phenoxy) is 2. The molecule has 0 aromatic carbocycles. The van der Waals surface area contributed by atoms with Crippen molar-refractivity contribution < 1.29 is 28.9 Å². The first-order chi connectivity index (χ1) is 8.08. The summed E-state index contributed by atoms with van der Waals surface area (Å²) in [5, 5.41) is 0. The molecule has 1 atom stereocenters. The molecule has 6 nitrogen and oxygen atoms in total. The molecule has 1 fully saturated rings. The number of esters is 2. The van der Waals surface area contributed by atoms with Crippen molar-refractivity contribution >= 4 is 11.9 Å². The molecule has 0 aromatic heterocycles. The molecule has 0 saturated carbocycles. The van der Waals surface area contributed by atoms with Crippen LogP contribution in [0, 0.1) is 0 Å². The number of hydrogen-bond acceptors (Lipinski definition) is 4. The number of quaternary nitrogens is 2. The Morgan fingerprint density at radius 2 is 1.71 bits per heavy atom. The minimum absolute atomic E-state index is 0.0948. The SMILES string of the molecule is COC(=O)C[C@H](C(=O)OC)[NH+]1CC[NH+](C)CC1. The largest absolute Gasteiger partial charge is 0.469 e. The second kappa shape index (κ2) is 6.56. The van der Waals surface area contributed by atoms with Gasteiger partial charge in [0.25, 0.3) is 0 Å². The molecule has 1 aliphatic heterocycles. The van der Waals surface area contributed by atoms with Crippen molar-refractivity contribution in [3.63, 3.8) is 0 Å². The molecule has 1 saturated heterocycles. The molecule has 98 valence electrons. The Balaban J connectivity index is 2.62. The van der Waals surface area contributed by atoms with Gasteiger partial charge in [0.1, 0.15) is 32.6 Å². The van der Waals surface area contributed by atoms with Gasteiger partial charge in [0.2, 0.25) is 0 Å². The second-order valence-corrected chi connectivity index (χ2v) is 4.47. The van der Waals surface area contributed by atoms with E-state index in [1.54, 1.807) is 0 Å². The van der Waals surface area contributed by atoms with Gasteiger partial charge in [-0.2, -0.15) is 0 Å². The minimum Gasteiger partial charge on any atom is -0.469 e. The quantitative estimate of drug-likeness (QED) is 0.506. The zero-order valence-corrected chi connectivity index (χ0v) is 10.7. The second-order valence-electron chi connectivity index (χ2n) is 4.47. The standard InChI is InChI=1S/C11H20N2O4/c1-12-4-6-13(7-5-12)9(11(15)17-3)8-10(14)16-2/h9H,4-8H2,1-3H3/p+2/t9-/m1/s1. The van der Waals surface area contributed by atoms with Gasteiger partial charge in [-0.3, -0.25) is 4.79 Å². The van der Waals surface area contributed by atoms with E-state index in [0.29, 0.717) is 0 Å². The number of likely N-dealkylation sites (N-methyl/N-ethyl adjacent to an activating group) is 1. The molecular formula is C11H22N2O4+2. The van der Waals surface area contributed by atoms with Crippen molar-refractivity contribution in [2.75, 3.05) is 47.4 Å². The third-order valence-electron chi connectivity index (χ3n) is 3.32. The van der Waals surface area contributed by atoms with Crippen LogP contribution >= 0.6 is 0 Å². The van der Waals surface area contributed by atoms with E-state index in [2.05, 4.69) is 11.8 Å². The number of hydrogen-bond donors (Lipinski definition) is 2. The van der Waals surface area contributed by atoms with E-state index < -0.39 is 6.04 Å². The molecule has 0 aromatic rings. The lowest BCUT2D eigenvalue weighted by Crippen LogP contribution is -3.29. The summed E-state index contributed by atoms with van der Waals surface area (Å²) < 4.78 is 9.39. The van der Waals surface area contributed by atoms with Crippen LogP contribution in [-0.2, 0) is 19.1 Å². The smallest absolute Gasteiger partial charge is 0.365 e. The molecule has 0 aliphatic carbocycles. The average molecular weight is 246 g/mol. The topological polar surface area (TPSA) is 61.5 Å². The zero-order chi connectivity index (χ0) is 12.8. The number of carbonyl (C=O) groups is 2. The third kappa shape index (κ3) is 3.98. The number of rotatable bonds is 4. The summed E-state index contributed by atoms with van der Waals surface area (Å²) in [4.78, 5) is 25.6. The lowest BCUT2D eigenvalue weighted by atomic mass is 10.1. The van der Waals surface area contributed by atoms with E-state index in [1.807, 2.05) is 0 Å². The molecule has 0 radical (unpaired) electrons. The summed E-state index contributed by atoms with van der Waals surface area (Å²) in [5.74, 6) is -0.691. The Morgan fingerprint density at radius 1 is 1.12 bits per heavy atom. The van der Waals surface area contributed by atoms with Crippen LogP contribution in [0.4, 0.5) is 0 Å². The third-order valence-corrected chi connectivity index (χ3v) is 3.32. The molecule has 1 heterocycles. The molecule has 1 rings (SSSR count). The molecular weight excluding hydrogens is 224 g/mol. The Hall–Kier alpha value is -1.14. The zero-order valence-electron chi connectivity index (χ0n) is 10.7. The van der Waals surface area contributed by atoms with Crippen LogP contribution in [0.25, 0.3) is 0 Å². The van der Waals surface area contributed by atoms with Gasteiger partial charge in [-0.25, -0.2) is 4.79 Å². The van der Waals surface area contributed by atoms with Gasteiger partial charge >= 0.3 is 11.9 Å². The van der Waals surface area contributed by atoms with E-state index in [9.17, 15) is 9.59 Å². The van der Waals surface area contributed by atoms with Crippen molar-refractivity contribution in [3.05, 3.63) is 0 Å². The van der Waals surface area contributed by atoms with Gasteiger partial charge in [-0.1, -0.05) is 0 Å². The highest BCUT2D eigenvalue weighted by molar-refractivity contribution is 5.81. The normalized spacial score (nSPS) is 26.1. The highest BCUT2D eigenvalue weighted by Crippen LogP contribution is 1.94. The summed E-state index contributed by atoms with van der Waals surface area (Å²) in [6.45, 7) is 3.76. The van der Waals surface area contributed by atoms with Gasteiger partial charge in [0.05, 0.1) is 21.3 Å². The Kier molecular flexibility index (Phi) is 5.37. The number of piperazine rings is 1. The summed E-state index contributed by atoms with van der Waals surface area (Å²) in [6.07, 6.45) is 0.0948. The van der Waals surface area contributed by atoms with Crippen molar-refractivity contribution in [1.29, 1.82) is 0 Å². The van der Waals surface area contributed by atoms with Crippen LogP contribution in [0.1, 0.15) is 6.42 Å². The molecule has 17 heavy (non-hydrogen) atoms. The molecule has 0 unspecified atom stereocenters. The van der Waals surface area contributed by atoms with Gasteiger partial charge in [-0.05, 0) is 0 Å². The highest BCUT2D eigenvalue weighted by Gasteiger charge is 2.36. The van der Waals surface area contributed by atoms with Crippen LogP contribution in [0.3, 0.4) is 0 Å². The lowest BCUT2D eigenvalue weighted by molar-refractivity contribution is -1.01. The summed E-state index contributed by atoms with van der Waals surface area (Å²) in [6, 6.07) is -0.430. The molecule has 1 aliphatic rings. The van der Waals surface area contributed by atoms with Crippen molar-refractivity contribution in [3.8, 4) is 0 Å². The van der Waals surface area contributed by atoms with Crippen molar-refractivity contribution in [1.82, 2.24) is 0 Å². The number of carbonyl (C=O) groups excluding carboxylic acids is 2. The van der Waals surface area contributed by atoms with Crippen LogP contribution in [0.15, 0.2) is 0 Å². The maximum atomic E-state index is 11.7. The van der Waals surface area contributed by atoms with Gasteiger partial charge in [0, 0.05) is 0 Å². The van der Waals surface area contributed by atoms with E-state index in [1.165, 1.54) is 19.1 Å². The Morgan fingerprint density at radius 3 is 2.18 bits per heavy atom. The van der Waals surface area contributed by atoms with Crippen molar-refractivity contribution in [2.45, 2.75) is 12.5 Å². The summed E-state index contributed by atoms with van der Waals surface area (Å²) in [7, 11) is 4.82. The van der Waals surface area contributed by atoms with Gasteiger partial charge in [-0.15, -0.1) is 0 Å². The monoisotopic (exact) mass is 246 g/mol. The molecule has 2 N–H and O–H groups in total. The maximum Gasteiger partial charge on any atom is 0.365 e. The fourth-order valence-electron chi connectivity index (χ4n) is 2.13. The van der Waals surface area contributed by atoms with E-state index in [-0.39, 0.29) is 18.4 Å². The van der Waals surface area contributed by atoms with Gasteiger partial charge < -0.3 is 19.3 Å². The Bertz CT molecular complexity index is 275. The summed E-state index contributed by atoms with van der Waals surface area (Å²) in [5.41, 5.74) is 0. The minimum atomic E-state index is -0.430. The van der Waals surface area contributed by atoms with E-state index in [4.69, 9.17) is 4.74 Å². The lowest BCUT2D eigenvalue weighted by Gasteiger charge is -2.31. The summed E-state index contributed by atoms with van der Waals surface area (Å²) >= 11 is 0. The highest BCUT2D eigenvalue weighted by atomic mass is 16.5. The Labute approximate surface area is 101 Å². The predicted molar refractivity (Wildman–Crippen MR) is 59.8 cm³/mol. The fourth-order valence-corrected chi connectivity index (χ4v) is 2.13. The van der Waals surface area contributed by atoms with Gasteiger partial charge in [0.15, 0.2) is 6.04 Å². The van der Waals surface area contributed by atoms with Crippen LogP contribution < -0.4 is 9.80 Å². The maximum absolute atomic E-state index is 11.7. The van der Waals surface area contributed by atoms with Crippen molar-refractivity contribution in [2.24, 2.45) is 0 Å². The molecule has 0 amide bonds. The number of nitrogens with one attached hydrogen (secondary N) is 2. The fraction of sp³-hybridized carbons (Fsp3) is 0.818. The first-order valence-corrected chi connectivity index (χ1v) is 5.89. The molecule has 0 bridgehead atoms. The predicted octanol–water partition coefficient (Wildman–Crippen LogP) is -3.50. The van der Waals surface area contributed by atoms with Crippen LogP contribution in [0.5, 0.6) is 0 Å². The molecule has 0 spiro atoms. The number of methoxy groups -OCH3 is 2. The molecule has 6 heteroatoms.